The maximum absolute atomic E-state index is 13.2. The second-order valence-electron chi connectivity index (χ2n) is 6.45. The van der Waals surface area contributed by atoms with Gasteiger partial charge in [-0.2, -0.15) is 0 Å². The Morgan fingerprint density at radius 1 is 1.07 bits per heavy atom. The van der Waals surface area contributed by atoms with Gasteiger partial charge in [-0.25, -0.2) is 0 Å². The van der Waals surface area contributed by atoms with E-state index in [1.54, 1.807) is 40.5 Å². The zero-order valence-corrected chi connectivity index (χ0v) is 17.2. The number of anilines is 1. The van der Waals surface area contributed by atoms with Crippen LogP contribution in [0.1, 0.15) is 27.2 Å². The Bertz CT molecular complexity index is 1000. The summed E-state index contributed by atoms with van der Waals surface area (Å²) in [7, 11) is 0. The molecule has 1 aliphatic rings. The van der Waals surface area contributed by atoms with Gasteiger partial charge >= 0.3 is 0 Å². The number of ketones is 1. The molecular weight excluding hydrogens is 473 g/mol. The van der Waals surface area contributed by atoms with Gasteiger partial charge in [0.1, 0.15) is 0 Å². The maximum atomic E-state index is 13.2. The van der Waals surface area contributed by atoms with Crippen molar-refractivity contribution < 1.29 is 14.7 Å². The van der Waals surface area contributed by atoms with E-state index < -0.39 is 11.5 Å². The largest absolute Gasteiger partial charge is 0.375 e. The fraction of sp³-hybridized carbons (Fsp3) is 0.143. The zero-order valence-electron chi connectivity index (χ0n) is 14.3. The number of carbonyl (C=O) groups is 2. The summed E-state index contributed by atoms with van der Waals surface area (Å²) >= 11 is 3.72. The van der Waals surface area contributed by atoms with Crippen LogP contribution in [0.3, 0.4) is 0 Å². The number of hydrogen-bond acceptors (Lipinski definition) is 4. The molecule has 1 amide bonds. The number of para-hydroxylation sites is 1. The van der Waals surface area contributed by atoms with Crippen molar-refractivity contribution >= 4 is 51.3 Å². The van der Waals surface area contributed by atoms with Crippen molar-refractivity contribution in [3.05, 3.63) is 85.6 Å². The van der Waals surface area contributed by atoms with E-state index in [-0.39, 0.29) is 12.2 Å². The first kappa shape index (κ1) is 18.3. The Hall–Kier alpha value is -2.03. The number of hydrogen-bond donors (Lipinski definition) is 1. The summed E-state index contributed by atoms with van der Waals surface area (Å²) in [6.45, 7) is 0.382. The van der Waals surface area contributed by atoms with Gasteiger partial charge in [0.25, 0.3) is 5.91 Å². The topological polar surface area (TPSA) is 57.6 Å². The molecule has 1 N–H and O–H groups in total. The second kappa shape index (κ2) is 7.18. The highest BCUT2D eigenvalue weighted by Gasteiger charge is 2.50. The van der Waals surface area contributed by atoms with Crippen molar-refractivity contribution in [3.8, 4) is 0 Å². The van der Waals surface area contributed by atoms with Crippen molar-refractivity contribution in [2.45, 2.75) is 18.6 Å². The summed E-state index contributed by atoms with van der Waals surface area (Å²) in [5, 5.41) is 13.2. The van der Waals surface area contributed by atoms with E-state index in [2.05, 4.69) is 22.6 Å². The minimum atomic E-state index is -1.84. The van der Waals surface area contributed by atoms with Crippen LogP contribution in [0.2, 0.25) is 0 Å². The molecule has 2 heterocycles. The predicted molar refractivity (Wildman–Crippen MR) is 114 cm³/mol. The summed E-state index contributed by atoms with van der Waals surface area (Å²) in [6, 6.07) is 18.2. The number of amides is 1. The number of rotatable bonds is 5. The smallest absolute Gasteiger partial charge is 0.264 e. The summed E-state index contributed by atoms with van der Waals surface area (Å²) < 4.78 is 1.02. The molecule has 1 aliphatic heterocycles. The van der Waals surface area contributed by atoms with Gasteiger partial charge in [0, 0.05) is 19.6 Å². The van der Waals surface area contributed by atoms with Crippen molar-refractivity contribution in [3.63, 3.8) is 0 Å². The molecule has 0 saturated carbocycles. The molecule has 0 spiro atoms. The average molecular weight is 489 g/mol. The lowest BCUT2D eigenvalue weighted by atomic mass is 9.88. The second-order valence-corrected chi connectivity index (χ2v) is 8.73. The van der Waals surface area contributed by atoms with Gasteiger partial charge in [-0.05, 0) is 52.2 Å². The molecule has 27 heavy (non-hydrogen) atoms. The molecule has 4 rings (SSSR count). The molecule has 0 bridgehead atoms. The number of thiophene rings is 1. The molecule has 1 atom stereocenters. The first-order valence-electron chi connectivity index (χ1n) is 8.44. The quantitative estimate of drug-likeness (QED) is 0.428. The third kappa shape index (κ3) is 3.33. The molecule has 0 radical (unpaired) electrons. The van der Waals surface area contributed by atoms with Crippen molar-refractivity contribution in [2.24, 2.45) is 0 Å². The van der Waals surface area contributed by atoms with Crippen LogP contribution in [0, 0.1) is 3.57 Å². The maximum Gasteiger partial charge on any atom is 0.264 e. The molecule has 3 aromatic rings. The normalized spacial score (nSPS) is 18.6. The Morgan fingerprint density at radius 3 is 2.52 bits per heavy atom. The Morgan fingerprint density at radius 2 is 1.81 bits per heavy atom. The highest BCUT2D eigenvalue weighted by atomic mass is 127. The van der Waals surface area contributed by atoms with Crippen molar-refractivity contribution in [2.75, 3.05) is 4.90 Å². The minimum Gasteiger partial charge on any atom is -0.375 e. The summed E-state index contributed by atoms with van der Waals surface area (Å²) in [4.78, 5) is 28.5. The highest BCUT2D eigenvalue weighted by Crippen LogP contribution is 2.43. The molecule has 1 unspecified atom stereocenters. The molecule has 0 fully saturated rings. The molecule has 0 saturated heterocycles. The molecule has 2 aromatic carbocycles. The highest BCUT2D eigenvalue weighted by molar-refractivity contribution is 14.1. The molecule has 1 aromatic heterocycles. The van der Waals surface area contributed by atoms with Gasteiger partial charge in [0.05, 0.1) is 18.7 Å². The van der Waals surface area contributed by atoms with Gasteiger partial charge < -0.3 is 10.0 Å². The number of carbonyl (C=O) groups excluding carboxylic acids is 2. The Kier molecular flexibility index (Phi) is 4.88. The van der Waals surface area contributed by atoms with Crippen LogP contribution < -0.4 is 4.90 Å². The van der Waals surface area contributed by atoms with Gasteiger partial charge in [-0.3, -0.25) is 9.59 Å². The van der Waals surface area contributed by atoms with E-state index in [4.69, 9.17) is 0 Å². The van der Waals surface area contributed by atoms with Gasteiger partial charge in [0.2, 0.25) is 0 Å². The van der Waals surface area contributed by atoms with Crippen LogP contribution in [0.15, 0.2) is 66.0 Å². The van der Waals surface area contributed by atoms with E-state index in [0.29, 0.717) is 23.4 Å². The van der Waals surface area contributed by atoms with E-state index in [1.807, 2.05) is 41.8 Å². The van der Waals surface area contributed by atoms with E-state index in [1.165, 1.54) is 0 Å². The number of halogens is 1. The SMILES string of the molecule is O=C(CC1(O)C(=O)N(Cc2cccs2)c2ccccc21)c1ccc(I)cc1. The minimum absolute atomic E-state index is 0.255. The Labute approximate surface area is 174 Å². The Balaban J connectivity index is 1.68. The standard InChI is InChI=1S/C21H16INO3S/c22-15-9-7-14(8-10-15)19(24)12-21(26)17-5-1-2-6-18(17)23(20(21)25)13-16-4-3-11-27-16/h1-11,26H,12-13H2. The van der Waals surface area contributed by atoms with E-state index in [9.17, 15) is 14.7 Å². The number of nitrogens with zero attached hydrogens (tertiary/aromatic N) is 1. The van der Waals surface area contributed by atoms with Gasteiger partial charge in [-0.1, -0.05) is 36.4 Å². The van der Waals surface area contributed by atoms with Crippen LogP contribution >= 0.6 is 33.9 Å². The van der Waals surface area contributed by atoms with Crippen LogP contribution in [-0.2, 0) is 16.9 Å². The third-order valence-corrected chi connectivity index (χ3v) is 6.30. The number of aliphatic hydroxyl groups is 1. The summed E-state index contributed by atoms with van der Waals surface area (Å²) in [6.07, 6.45) is -0.273. The van der Waals surface area contributed by atoms with Gasteiger partial charge in [0.15, 0.2) is 11.4 Å². The lowest BCUT2D eigenvalue weighted by Gasteiger charge is -2.22. The zero-order chi connectivity index (χ0) is 19.0. The van der Waals surface area contributed by atoms with Crippen molar-refractivity contribution in [1.82, 2.24) is 0 Å². The summed E-state index contributed by atoms with van der Waals surface area (Å²) in [5.74, 6) is -0.703. The van der Waals surface area contributed by atoms with Crippen LogP contribution in [0.5, 0.6) is 0 Å². The predicted octanol–water partition coefficient (Wildman–Crippen LogP) is 4.36. The number of fused-ring (bicyclic) bond motifs is 1. The van der Waals surface area contributed by atoms with Crippen LogP contribution in [-0.4, -0.2) is 16.8 Å². The molecule has 6 heteroatoms. The first-order valence-corrected chi connectivity index (χ1v) is 10.4. The summed E-state index contributed by atoms with van der Waals surface area (Å²) in [5.41, 5.74) is -0.196. The average Bonchev–Trinajstić information content (AvgIpc) is 3.25. The van der Waals surface area contributed by atoms with Gasteiger partial charge in [-0.15, -0.1) is 11.3 Å². The number of benzene rings is 2. The van der Waals surface area contributed by atoms with E-state index in [0.717, 1.165) is 8.45 Å². The molecule has 4 nitrogen and oxygen atoms in total. The molecular formula is C21H16INO3S. The van der Waals surface area contributed by atoms with E-state index >= 15 is 0 Å². The fourth-order valence-corrected chi connectivity index (χ4v) is 4.42. The molecule has 136 valence electrons. The lowest BCUT2D eigenvalue weighted by molar-refractivity contribution is -0.136. The van der Waals surface area contributed by atoms with Crippen LogP contribution in [0.4, 0.5) is 5.69 Å². The fourth-order valence-electron chi connectivity index (χ4n) is 3.36. The monoisotopic (exact) mass is 489 g/mol. The molecule has 0 aliphatic carbocycles. The third-order valence-electron chi connectivity index (χ3n) is 4.72. The van der Waals surface area contributed by atoms with Crippen LogP contribution in [0.25, 0.3) is 0 Å². The lowest BCUT2D eigenvalue weighted by Crippen LogP contribution is -2.41. The number of Topliss-reactive ketones (excluding diaryl/α,β-unsaturated/α-hetero) is 1. The van der Waals surface area contributed by atoms with Crippen molar-refractivity contribution in [1.29, 1.82) is 0 Å². The first-order chi connectivity index (χ1) is 13.0.